The fourth-order valence-electron chi connectivity index (χ4n) is 3.32. The Bertz CT molecular complexity index is 1190. The largest absolute Gasteiger partial charge is 0.484 e. The van der Waals surface area contributed by atoms with Gasteiger partial charge in [0.1, 0.15) is 10.8 Å². The molecule has 0 radical (unpaired) electrons. The van der Waals surface area contributed by atoms with E-state index in [1.54, 1.807) is 11.3 Å². The fourth-order valence-corrected chi connectivity index (χ4v) is 4.14. The van der Waals surface area contributed by atoms with Crippen LogP contribution in [-0.4, -0.2) is 17.5 Å². The molecule has 156 valence electrons. The number of aryl methyl sites for hydroxylation is 2. The highest BCUT2D eigenvalue weighted by Gasteiger charge is 2.09. The summed E-state index contributed by atoms with van der Waals surface area (Å²) < 4.78 is 5.66. The molecular weight excluding hydrogens is 404 g/mol. The molecule has 1 amide bonds. The highest BCUT2D eigenvalue weighted by molar-refractivity contribution is 7.13. The number of ether oxygens (including phenoxy) is 1. The topological polar surface area (TPSA) is 51.2 Å². The lowest BCUT2D eigenvalue weighted by Crippen LogP contribution is -2.28. The van der Waals surface area contributed by atoms with Crippen molar-refractivity contribution in [2.24, 2.45) is 0 Å². The first-order valence-electron chi connectivity index (χ1n) is 10.2. The predicted molar refractivity (Wildman–Crippen MR) is 126 cm³/mol. The Kier molecular flexibility index (Phi) is 6.43. The summed E-state index contributed by atoms with van der Waals surface area (Å²) >= 11 is 1.62. The zero-order valence-electron chi connectivity index (χ0n) is 17.6. The van der Waals surface area contributed by atoms with Gasteiger partial charge in [0, 0.05) is 23.1 Å². The number of hydrogen-bond donors (Lipinski definition) is 1. The molecule has 0 saturated carbocycles. The van der Waals surface area contributed by atoms with Crippen molar-refractivity contribution in [3.05, 3.63) is 94.9 Å². The van der Waals surface area contributed by atoms with Gasteiger partial charge in [-0.05, 0) is 37.1 Å². The van der Waals surface area contributed by atoms with Gasteiger partial charge in [0.2, 0.25) is 0 Å². The summed E-state index contributed by atoms with van der Waals surface area (Å²) in [5, 5.41) is 5.96. The van der Waals surface area contributed by atoms with Crippen LogP contribution in [0.2, 0.25) is 0 Å². The van der Waals surface area contributed by atoms with Gasteiger partial charge in [-0.15, -0.1) is 11.3 Å². The van der Waals surface area contributed by atoms with E-state index >= 15 is 0 Å². The maximum absolute atomic E-state index is 12.2. The Morgan fingerprint density at radius 2 is 1.77 bits per heavy atom. The van der Waals surface area contributed by atoms with E-state index in [1.165, 1.54) is 5.56 Å². The van der Waals surface area contributed by atoms with Gasteiger partial charge < -0.3 is 10.1 Å². The van der Waals surface area contributed by atoms with Crippen LogP contribution in [0.1, 0.15) is 16.7 Å². The van der Waals surface area contributed by atoms with Gasteiger partial charge in [-0.3, -0.25) is 4.79 Å². The minimum atomic E-state index is -0.147. The van der Waals surface area contributed by atoms with Crippen molar-refractivity contribution in [1.29, 1.82) is 0 Å². The van der Waals surface area contributed by atoms with Crippen molar-refractivity contribution in [3.63, 3.8) is 0 Å². The molecule has 4 rings (SSSR count). The van der Waals surface area contributed by atoms with Gasteiger partial charge >= 0.3 is 0 Å². The second-order valence-electron chi connectivity index (χ2n) is 7.44. The molecule has 1 aromatic heterocycles. The van der Waals surface area contributed by atoms with Crippen LogP contribution in [0.5, 0.6) is 5.75 Å². The van der Waals surface area contributed by atoms with Gasteiger partial charge in [-0.2, -0.15) is 0 Å². The Morgan fingerprint density at radius 1 is 0.968 bits per heavy atom. The van der Waals surface area contributed by atoms with Crippen LogP contribution < -0.4 is 10.1 Å². The number of nitrogens with zero attached hydrogens (tertiary/aromatic N) is 1. The maximum Gasteiger partial charge on any atom is 0.258 e. The normalized spacial score (nSPS) is 10.6. The van der Waals surface area contributed by atoms with Crippen molar-refractivity contribution in [2.45, 2.75) is 20.4 Å². The third-order valence-corrected chi connectivity index (χ3v) is 5.82. The lowest BCUT2D eigenvalue weighted by atomic mass is 10.1. The Balaban J connectivity index is 1.35. The molecule has 1 N–H and O–H groups in total. The molecule has 4 nitrogen and oxygen atoms in total. The number of carbonyl (C=O) groups is 1. The molecule has 0 saturated heterocycles. The Morgan fingerprint density at radius 3 is 2.58 bits per heavy atom. The quantitative estimate of drug-likeness (QED) is 0.405. The number of nitrogens with one attached hydrogen (secondary N) is 1. The highest BCUT2D eigenvalue weighted by Crippen LogP contribution is 2.29. The number of rotatable bonds is 7. The van der Waals surface area contributed by atoms with Crippen LogP contribution in [0.15, 0.2) is 78.2 Å². The molecule has 0 aliphatic heterocycles. The summed E-state index contributed by atoms with van der Waals surface area (Å²) in [7, 11) is 0. The van der Waals surface area contributed by atoms with E-state index in [2.05, 4.69) is 28.9 Å². The SMILES string of the molecule is Cc1ccc(OCC(=O)NCc2cccc(-c3nc(-c4ccccc4)cs3)c2)c(C)c1. The Labute approximate surface area is 186 Å². The van der Waals surface area contributed by atoms with E-state index in [1.807, 2.05) is 68.4 Å². The number of carbonyl (C=O) groups excluding carboxylic acids is 1. The summed E-state index contributed by atoms with van der Waals surface area (Å²) in [6.07, 6.45) is 0. The second-order valence-corrected chi connectivity index (χ2v) is 8.30. The summed E-state index contributed by atoms with van der Waals surface area (Å²) in [5.41, 5.74) is 6.35. The molecule has 0 unspecified atom stereocenters. The highest BCUT2D eigenvalue weighted by atomic mass is 32.1. The first kappa shape index (κ1) is 20.8. The van der Waals surface area contributed by atoms with E-state index in [0.29, 0.717) is 6.54 Å². The van der Waals surface area contributed by atoms with E-state index in [-0.39, 0.29) is 12.5 Å². The number of hydrogen-bond acceptors (Lipinski definition) is 4. The van der Waals surface area contributed by atoms with Crippen LogP contribution >= 0.6 is 11.3 Å². The van der Waals surface area contributed by atoms with Gasteiger partial charge in [0.15, 0.2) is 6.61 Å². The van der Waals surface area contributed by atoms with Crippen LogP contribution in [0.25, 0.3) is 21.8 Å². The molecule has 0 aliphatic carbocycles. The minimum Gasteiger partial charge on any atom is -0.484 e. The van der Waals surface area contributed by atoms with Crippen molar-refractivity contribution in [2.75, 3.05) is 6.61 Å². The van der Waals surface area contributed by atoms with Crippen molar-refractivity contribution in [1.82, 2.24) is 10.3 Å². The van der Waals surface area contributed by atoms with E-state index in [4.69, 9.17) is 9.72 Å². The second kappa shape index (κ2) is 9.58. The van der Waals surface area contributed by atoms with Gasteiger partial charge in [0.05, 0.1) is 5.69 Å². The molecule has 3 aromatic carbocycles. The zero-order valence-corrected chi connectivity index (χ0v) is 18.4. The van der Waals surface area contributed by atoms with Gasteiger partial charge in [0.25, 0.3) is 5.91 Å². The van der Waals surface area contributed by atoms with Crippen LogP contribution in [-0.2, 0) is 11.3 Å². The third-order valence-electron chi connectivity index (χ3n) is 4.93. The molecule has 4 aromatic rings. The molecule has 0 fully saturated rings. The molecule has 0 atom stereocenters. The molecule has 1 heterocycles. The zero-order chi connectivity index (χ0) is 21.6. The van der Waals surface area contributed by atoms with Crippen molar-refractivity contribution < 1.29 is 9.53 Å². The first-order valence-corrected chi connectivity index (χ1v) is 11.0. The van der Waals surface area contributed by atoms with E-state index < -0.39 is 0 Å². The lowest BCUT2D eigenvalue weighted by molar-refractivity contribution is -0.123. The van der Waals surface area contributed by atoms with Crippen molar-refractivity contribution >= 4 is 17.2 Å². The average Bonchev–Trinajstić information content (AvgIpc) is 3.28. The van der Waals surface area contributed by atoms with Crippen LogP contribution in [0.4, 0.5) is 0 Å². The molecule has 0 bridgehead atoms. The molecule has 5 heteroatoms. The van der Waals surface area contributed by atoms with Gasteiger partial charge in [-0.1, -0.05) is 66.2 Å². The van der Waals surface area contributed by atoms with E-state index in [0.717, 1.165) is 38.7 Å². The molecular formula is C26H24N2O2S. The summed E-state index contributed by atoms with van der Waals surface area (Å²) in [5.74, 6) is 0.590. The molecule has 31 heavy (non-hydrogen) atoms. The fraction of sp³-hybridized carbons (Fsp3) is 0.154. The molecule has 0 aliphatic rings. The first-order chi connectivity index (χ1) is 15.1. The summed E-state index contributed by atoms with van der Waals surface area (Å²) in [4.78, 5) is 17.0. The van der Waals surface area contributed by atoms with Crippen LogP contribution in [0, 0.1) is 13.8 Å². The van der Waals surface area contributed by atoms with Crippen molar-refractivity contribution in [3.8, 4) is 27.6 Å². The average molecular weight is 429 g/mol. The smallest absolute Gasteiger partial charge is 0.258 e. The number of benzene rings is 3. The molecule has 0 spiro atoms. The predicted octanol–water partition coefficient (Wildman–Crippen LogP) is 5.79. The standard InChI is InChI=1S/C26H24N2O2S/c1-18-11-12-24(19(2)13-18)30-16-25(29)27-15-20-7-6-10-22(14-20)26-28-23(17-31-26)21-8-4-3-5-9-21/h3-14,17H,15-16H2,1-2H3,(H,27,29). The monoisotopic (exact) mass is 428 g/mol. The number of aromatic nitrogens is 1. The van der Waals surface area contributed by atoms with Gasteiger partial charge in [-0.25, -0.2) is 4.98 Å². The maximum atomic E-state index is 12.2. The number of thiazole rings is 1. The number of amides is 1. The Hall–Kier alpha value is -3.44. The third kappa shape index (κ3) is 5.38. The minimum absolute atomic E-state index is 0.00346. The summed E-state index contributed by atoms with van der Waals surface area (Å²) in [6, 6.07) is 24.2. The van der Waals surface area contributed by atoms with E-state index in [9.17, 15) is 4.79 Å². The lowest BCUT2D eigenvalue weighted by Gasteiger charge is -2.10. The van der Waals surface area contributed by atoms with Crippen LogP contribution in [0.3, 0.4) is 0 Å². The summed E-state index contributed by atoms with van der Waals surface area (Å²) in [6.45, 7) is 4.45.